The van der Waals surface area contributed by atoms with E-state index in [2.05, 4.69) is 10.6 Å². The third-order valence-corrected chi connectivity index (χ3v) is 4.22. The van der Waals surface area contributed by atoms with Gasteiger partial charge in [-0.25, -0.2) is 9.59 Å². The smallest absolute Gasteiger partial charge is 0.317 e. The molecule has 2 heterocycles. The van der Waals surface area contributed by atoms with Crippen LogP contribution in [0.25, 0.3) is 0 Å². The van der Waals surface area contributed by atoms with Crippen LogP contribution in [0.4, 0.5) is 9.59 Å². The minimum Gasteiger partial charge on any atom is -0.374 e. The van der Waals surface area contributed by atoms with Crippen LogP contribution in [0.1, 0.15) is 40.0 Å². The number of carbonyl (C=O) groups is 2. The molecule has 2 fully saturated rings. The Labute approximate surface area is 138 Å². The average molecular weight is 326 g/mol. The first-order valence-electron chi connectivity index (χ1n) is 8.68. The molecule has 2 atom stereocenters. The molecule has 0 aromatic carbocycles. The Balaban J connectivity index is 1.75. The number of amides is 4. The molecule has 2 rings (SSSR count). The number of nitrogens with zero attached hydrogens (tertiary/aromatic N) is 2. The minimum atomic E-state index is -0.0398. The van der Waals surface area contributed by atoms with Crippen LogP contribution in [0, 0.1) is 0 Å². The second kappa shape index (κ2) is 8.38. The van der Waals surface area contributed by atoms with Gasteiger partial charge in [-0.2, -0.15) is 0 Å². The summed E-state index contributed by atoms with van der Waals surface area (Å²) in [6, 6.07) is 0.131. The van der Waals surface area contributed by atoms with E-state index in [-0.39, 0.29) is 30.2 Å². The van der Waals surface area contributed by atoms with Crippen molar-refractivity contribution in [3.63, 3.8) is 0 Å². The van der Waals surface area contributed by atoms with E-state index < -0.39 is 0 Å². The molecule has 2 aliphatic rings. The lowest BCUT2D eigenvalue weighted by atomic mass is 10.1. The van der Waals surface area contributed by atoms with Crippen LogP contribution in [0.5, 0.6) is 0 Å². The number of hydrogen-bond acceptors (Lipinski definition) is 3. The van der Waals surface area contributed by atoms with Crippen molar-refractivity contribution < 1.29 is 14.3 Å². The maximum Gasteiger partial charge on any atom is 0.317 e. The molecule has 132 valence electrons. The first-order valence-corrected chi connectivity index (χ1v) is 8.68. The first-order chi connectivity index (χ1) is 11.0. The van der Waals surface area contributed by atoms with Crippen molar-refractivity contribution >= 4 is 12.1 Å². The highest BCUT2D eigenvalue weighted by atomic mass is 16.5. The van der Waals surface area contributed by atoms with Crippen LogP contribution in [-0.4, -0.2) is 72.8 Å². The number of morpholine rings is 1. The van der Waals surface area contributed by atoms with Gasteiger partial charge in [-0.1, -0.05) is 0 Å². The monoisotopic (exact) mass is 326 g/mol. The van der Waals surface area contributed by atoms with E-state index in [9.17, 15) is 9.59 Å². The summed E-state index contributed by atoms with van der Waals surface area (Å²) < 4.78 is 5.75. The quantitative estimate of drug-likeness (QED) is 0.820. The molecule has 2 aliphatic heterocycles. The van der Waals surface area contributed by atoms with Gasteiger partial charge in [-0.15, -0.1) is 0 Å². The third-order valence-electron chi connectivity index (χ3n) is 4.22. The predicted molar refractivity (Wildman–Crippen MR) is 88.4 cm³/mol. The zero-order valence-corrected chi connectivity index (χ0v) is 14.5. The molecule has 4 amide bonds. The largest absolute Gasteiger partial charge is 0.374 e. The molecule has 0 spiro atoms. The molecule has 0 saturated carbocycles. The Morgan fingerprint density at radius 3 is 2.35 bits per heavy atom. The van der Waals surface area contributed by atoms with E-state index in [1.54, 1.807) is 4.90 Å². The molecule has 2 N–H and O–H groups in total. The summed E-state index contributed by atoms with van der Waals surface area (Å²) in [4.78, 5) is 27.8. The number of likely N-dealkylation sites (tertiary alicyclic amines) is 1. The maximum absolute atomic E-state index is 12.1. The van der Waals surface area contributed by atoms with Crippen LogP contribution in [0.15, 0.2) is 0 Å². The lowest BCUT2D eigenvalue weighted by Crippen LogP contribution is -2.52. The summed E-state index contributed by atoms with van der Waals surface area (Å²) >= 11 is 0. The summed E-state index contributed by atoms with van der Waals surface area (Å²) in [6.07, 6.45) is 2.86. The SMILES string of the molecule is CC(C)NC(=O)N1CCOC(CC(C)NC(=O)N2CCCC2)C1. The second-order valence-electron chi connectivity index (χ2n) is 6.82. The van der Waals surface area contributed by atoms with Gasteiger partial charge in [0.2, 0.25) is 0 Å². The molecule has 0 bridgehead atoms. The summed E-state index contributed by atoms with van der Waals surface area (Å²) in [5.74, 6) is 0. The first kappa shape index (κ1) is 17.8. The summed E-state index contributed by atoms with van der Waals surface area (Å²) in [7, 11) is 0. The Kier molecular flexibility index (Phi) is 6.50. The molecule has 2 unspecified atom stereocenters. The lowest BCUT2D eigenvalue weighted by Gasteiger charge is -2.34. The van der Waals surface area contributed by atoms with E-state index in [1.807, 2.05) is 25.7 Å². The van der Waals surface area contributed by atoms with Gasteiger partial charge in [0, 0.05) is 38.3 Å². The molecule has 0 aliphatic carbocycles. The van der Waals surface area contributed by atoms with Gasteiger partial charge in [-0.05, 0) is 40.0 Å². The molecule has 7 nitrogen and oxygen atoms in total. The standard InChI is InChI=1S/C16H30N4O3/c1-12(2)17-15(21)20-8-9-23-14(11-20)10-13(3)18-16(22)19-6-4-5-7-19/h12-14H,4-11H2,1-3H3,(H,17,21)(H,18,22). The molecule has 23 heavy (non-hydrogen) atoms. The van der Waals surface area contributed by atoms with Gasteiger partial charge in [0.1, 0.15) is 0 Å². The van der Waals surface area contributed by atoms with Crippen LogP contribution >= 0.6 is 0 Å². The molecule has 2 saturated heterocycles. The van der Waals surface area contributed by atoms with E-state index in [0.717, 1.165) is 25.9 Å². The fourth-order valence-corrected chi connectivity index (χ4v) is 3.06. The summed E-state index contributed by atoms with van der Waals surface area (Å²) in [5.41, 5.74) is 0. The van der Waals surface area contributed by atoms with Crippen molar-refractivity contribution in [1.82, 2.24) is 20.4 Å². The second-order valence-corrected chi connectivity index (χ2v) is 6.82. The number of rotatable bonds is 4. The van der Waals surface area contributed by atoms with Gasteiger partial charge in [0.05, 0.1) is 12.7 Å². The summed E-state index contributed by atoms with van der Waals surface area (Å²) in [6.45, 7) is 9.32. The third kappa shape index (κ3) is 5.57. The number of hydrogen-bond donors (Lipinski definition) is 2. The zero-order chi connectivity index (χ0) is 16.8. The highest BCUT2D eigenvalue weighted by Crippen LogP contribution is 2.12. The van der Waals surface area contributed by atoms with E-state index in [1.165, 1.54) is 0 Å². The van der Waals surface area contributed by atoms with Crippen molar-refractivity contribution in [1.29, 1.82) is 0 Å². The van der Waals surface area contributed by atoms with E-state index >= 15 is 0 Å². The Morgan fingerprint density at radius 2 is 1.70 bits per heavy atom. The Morgan fingerprint density at radius 1 is 1.04 bits per heavy atom. The number of ether oxygens (including phenoxy) is 1. The lowest BCUT2D eigenvalue weighted by molar-refractivity contribution is -0.0215. The van der Waals surface area contributed by atoms with E-state index in [4.69, 9.17) is 4.74 Å². The highest BCUT2D eigenvalue weighted by Gasteiger charge is 2.27. The van der Waals surface area contributed by atoms with Gasteiger partial charge in [-0.3, -0.25) is 0 Å². The Bertz CT molecular complexity index is 410. The van der Waals surface area contributed by atoms with Crippen LogP contribution < -0.4 is 10.6 Å². The van der Waals surface area contributed by atoms with Crippen molar-refractivity contribution in [2.24, 2.45) is 0 Å². The Hall–Kier alpha value is -1.50. The van der Waals surface area contributed by atoms with Gasteiger partial charge >= 0.3 is 12.1 Å². The summed E-state index contributed by atoms with van der Waals surface area (Å²) in [5, 5.41) is 5.94. The van der Waals surface area contributed by atoms with Gasteiger partial charge in [0.25, 0.3) is 0 Å². The van der Waals surface area contributed by atoms with Crippen molar-refractivity contribution in [2.75, 3.05) is 32.8 Å². The van der Waals surface area contributed by atoms with Gasteiger partial charge in [0.15, 0.2) is 0 Å². The predicted octanol–water partition coefficient (Wildman–Crippen LogP) is 1.39. The fourth-order valence-electron chi connectivity index (χ4n) is 3.06. The molecular weight excluding hydrogens is 296 g/mol. The molecule has 0 radical (unpaired) electrons. The maximum atomic E-state index is 12.1. The molecule has 7 heteroatoms. The number of carbonyl (C=O) groups excluding carboxylic acids is 2. The molecular formula is C16H30N4O3. The normalized spacial score (nSPS) is 23.0. The topological polar surface area (TPSA) is 73.9 Å². The van der Waals surface area contributed by atoms with Crippen LogP contribution in [0.3, 0.4) is 0 Å². The van der Waals surface area contributed by atoms with E-state index in [0.29, 0.717) is 26.1 Å². The van der Waals surface area contributed by atoms with Crippen LogP contribution in [-0.2, 0) is 4.74 Å². The van der Waals surface area contributed by atoms with Crippen molar-refractivity contribution in [3.05, 3.63) is 0 Å². The molecule has 0 aromatic rings. The zero-order valence-electron chi connectivity index (χ0n) is 14.5. The molecule has 0 aromatic heterocycles. The highest BCUT2D eigenvalue weighted by molar-refractivity contribution is 5.75. The number of urea groups is 2. The van der Waals surface area contributed by atoms with Crippen LogP contribution in [0.2, 0.25) is 0 Å². The minimum absolute atomic E-state index is 0.0141. The average Bonchev–Trinajstić information content (AvgIpc) is 3.01. The van der Waals surface area contributed by atoms with Gasteiger partial charge < -0.3 is 25.2 Å². The van der Waals surface area contributed by atoms with Crippen molar-refractivity contribution in [3.8, 4) is 0 Å². The fraction of sp³-hybridized carbons (Fsp3) is 0.875. The number of nitrogens with one attached hydrogen (secondary N) is 2. The van der Waals surface area contributed by atoms with Crippen molar-refractivity contribution in [2.45, 2.75) is 58.2 Å².